The third kappa shape index (κ3) is 2.99. The number of carbonyl (C=O) groups is 1. The van der Waals surface area contributed by atoms with E-state index in [2.05, 4.69) is 4.98 Å². The molecule has 0 amide bonds. The lowest BCUT2D eigenvalue weighted by Gasteiger charge is -2.28. The van der Waals surface area contributed by atoms with Gasteiger partial charge >= 0.3 is 12.1 Å². The van der Waals surface area contributed by atoms with Crippen molar-refractivity contribution in [3.8, 4) is 0 Å². The van der Waals surface area contributed by atoms with Gasteiger partial charge in [-0.1, -0.05) is 0 Å². The summed E-state index contributed by atoms with van der Waals surface area (Å²) in [5.41, 5.74) is 5.34. The Morgan fingerprint density at radius 1 is 1.32 bits per heavy atom. The molecular formula is C11H13F3N2O2S. The van der Waals surface area contributed by atoms with E-state index in [0.717, 1.165) is 11.3 Å². The third-order valence-electron chi connectivity index (χ3n) is 3.41. The van der Waals surface area contributed by atoms with Gasteiger partial charge in [0, 0.05) is 5.92 Å². The molecule has 19 heavy (non-hydrogen) atoms. The minimum atomic E-state index is -4.14. The highest BCUT2D eigenvalue weighted by Gasteiger charge is 2.42. The normalized spacial score (nSPS) is 24.4. The molecule has 1 aromatic heterocycles. The predicted octanol–water partition coefficient (Wildman–Crippen LogP) is 3.26. The molecule has 1 saturated carbocycles. The standard InChI is InChI=1S/C11H13F3N2O2S/c12-11(13,14)6-3-1-5(2-4-6)9-16-7(10(17)18)8(15)19-9/h5-6H,1-4,15H2,(H,17,18). The fraction of sp³-hybridized carbons (Fsp3) is 0.636. The number of nitrogens with zero attached hydrogens (tertiary/aromatic N) is 1. The molecule has 4 nitrogen and oxygen atoms in total. The number of alkyl halides is 3. The van der Waals surface area contributed by atoms with Gasteiger partial charge in [0.1, 0.15) is 5.00 Å². The van der Waals surface area contributed by atoms with Crippen LogP contribution >= 0.6 is 11.3 Å². The largest absolute Gasteiger partial charge is 0.476 e. The number of anilines is 1. The number of aromatic nitrogens is 1. The van der Waals surface area contributed by atoms with Crippen molar-refractivity contribution in [2.24, 2.45) is 5.92 Å². The quantitative estimate of drug-likeness (QED) is 0.877. The highest BCUT2D eigenvalue weighted by atomic mass is 32.1. The summed E-state index contributed by atoms with van der Waals surface area (Å²) in [4.78, 5) is 14.7. The zero-order chi connectivity index (χ0) is 14.2. The zero-order valence-corrected chi connectivity index (χ0v) is 10.7. The van der Waals surface area contributed by atoms with Crippen molar-refractivity contribution in [3.63, 3.8) is 0 Å². The van der Waals surface area contributed by atoms with Gasteiger partial charge in [0.15, 0.2) is 5.69 Å². The van der Waals surface area contributed by atoms with Crippen molar-refractivity contribution in [2.45, 2.75) is 37.8 Å². The molecule has 8 heteroatoms. The summed E-state index contributed by atoms with van der Waals surface area (Å²) in [7, 11) is 0. The summed E-state index contributed by atoms with van der Waals surface area (Å²) in [6, 6.07) is 0. The number of aromatic carboxylic acids is 1. The number of nitrogen functional groups attached to an aromatic ring is 1. The number of carboxylic acids is 1. The molecule has 1 aromatic rings. The van der Waals surface area contributed by atoms with Crippen LogP contribution in [0.4, 0.5) is 18.2 Å². The number of rotatable bonds is 2. The van der Waals surface area contributed by atoms with Crippen LogP contribution in [0.3, 0.4) is 0 Å². The molecule has 0 aliphatic heterocycles. The van der Waals surface area contributed by atoms with Crippen molar-refractivity contribution in [3.05, 3.63) is 10.7 Å². The van der Waals surface area contributed by atoms with E-state index in [1.807, 2.05) is 0 Å². The van der Waals surface area contributed by atoms with E-state index in [1.54, 1.807) is 0 Å². The maximum Gasteiger partial charge on any atom is 0.391 e. The molecule has 0 aromatic carbocycles. The van der Waals surface area contributed by atoms with Crippen LogP contribution in [0.5, 0.6) is 0 Å². The van der Waals surface area contributed by atoms with Gasteiger partial charge in [-0.3, -0.25) is 0 Å². The van der Waals surface area contributed by atoms with Gasteiger partial charge in [0.25, 0.3) is 0 Å². The molecule has 0 unspecified atom stereocenters. The molecule has 0 radical (unpaired) electrons. The first kappa shape index (κ1) is 14.1. The second kappa shape index (κ2) is 4.99. The Kier molecular flexibility index (Phi) is 3.71. The Labute approximate surface area is 111 Å². The van der Waals surface area contributed by atoms with Crippen molar-refractivity contribution in [1.29, 1.82) is 0 Å². The lowest BCUT2D eigenvalue weighted by molar-refractivity contribution is -0.182. The van der Waals surface area contributed by atoms with E-state index in [0.29, 0.717) is 17.8 Å². The van der Waals surface area contributed by atoms with Crippen LogP contribution in [0, 0.1) is 5.92 Å². The van der Waals surface area contributed by atoms with Crippen LogP contribution in [0.15, 0.2) is 0 Å². The molecule has 1 aliphatic carbocycles. The maximum atomic E-state index is 12.5. The maximum absolute atomic E-state index is 12.5. The minimum Gasteiger partial charge on any atom is -0.476 e. The highest BCUT2D eigenvalue weighted by molar-refractivity contribution is 7.16. The third-order valence-corrected chi connectivity index (χ3v) is 4.46. The van der Waals surface area contributed by atoms with Crippen LogP contribution < -0.4 is 5.73 Å². The topological polar surface area (TPSA) is 76.2 Å². The lowest BCUT2D eigenvalue weighted by Crippen LogP contribution is -2.27. The van der Waals surface area contributed by atoms with Crippen molar-refractivity contribution < 1.29 is 23.1 Å². The van der Waals surface area contributed by atoms with Crippen LogP contribution in [0.1, 0.15) is 47.1 Å². The van der Waals surface area contributed by atoms with E-state index < -0.39 is 18.1 Å². The van der Waals surface area contributed by atoms with Crippen molar-refractivity contribution in [2.75, 3.05) is 5.73 Å². The number of halogens is 3. The number of thiazole rings is 1. The zero-order valence-electron chi connectivity index (χ0n) is 9.91. The van der Waals surface area contributed by atoms with Gasteiger partial charge in [-0.05, 0) is 25.7 Å². The van der Waals surface area contributed by atoms with Crippen LogP contribution in [-0.2, 0) is 0 Å². The van der Waals surface area contributed by atoms with E-state index in [9.17, 15) is 18.0 Å². The Hall–Kier alpha value is -1.31. The highest BCUT2D eigenvalue weighted by Crippen LogP contribution is 2.44. The SMILES string of the molecule is Nc1sc(C2CCC(C(F)(F)F)CC2)nc1C(=O)O. The second-order valence-electron chi connectivity index (χ2n) is 4.66. The summed E-state index contributed by atoms with van der Waals surface area (Å²) >= 11 is 1.06. The van der Waals surface area contributed by atoms with E-state index >= 15 is 0 Å². The van der Waals surface area contributed by atoms with E-state index in [-0.39, 0.29) is 29.5 Å². The predicted molar refractivity (Wildman–Crippen MR) is 64.2 cm³/mol. The Morgan fingerprint density at radius 2 is 1.89 bits per heavy atom. The Balaban J connectivity index is 2.06. The molecule has 3 N–H and O–H groups in total. The molecular weight excluding hydrogens is 281 g/mol. The van der Waals surface area contributed by atoms with Gasteiger partial charge < -0.3 is 10.8 Å². The molecule has 0 spiro atoms. The van der Waals surface area contributed by atoms with Crippen molar-refractivity contribution in [1.82, 2.24) is 4.98 Å². The molecule has 0 atom stereocenters. The first-order chi connectivity index (χ1) is 8.79. The monoisotopic (exact) mass is 294 g/mol. The molecule has 1 fully saturated rings. The van der Waals surface area contributed by atoms with Crippen LogP contribution in [0.2, 0.25) is 0 Å². The summed E-state index contributed by atoms with van der Waals surface area (Å²) in [6.07, 6.45) is -3.27. The molecule has 0 saturated heterocycles. The molecule has 0 bridgehead atoms. The fourth-order valence-corrected chi connectivity index (χ4v) is 3.34. The first-order valence-electron chi connectivity index (χ1n) is 5.85. The average molecular weight is 294 g/mol. The second-order valence-corrected chi connectivity index (χ2v) is 5.72. The van der Waals surface area contributed by atoms with Gasteiger partial charge in [0.2, 0.25) is 0 Å². The van der Waals surface area contributed by atoms with E-state index in [1.165, 1.54) is 0 Å². The van der Waals surface area contributed by atoms with Gasteiger partial charge in [0.05, 0.1) is 10.9 Å². The summed E-state index contributed by atoms with van der Waals surface area (Å²) in [5.74, 6) is -2.57. The summed E-state index contributed by atoms with van der Waals surface area (Å²) in [6.45, 7) is 0. The number of hydrogen-bond donors (Lipinski definition) is 2. The van der Waals surface area contributed by atoms with E-state index in [4.69, 9.17) is 10.8 Å². The molecule has 1 heterocycles. The molecule has 2 rings (SSSR count). The van der Waals surface area contributed by atoms with Crippen LogP contribution in [0.25, 0.3) is 0 Å². The van der Waals surface area contributed by atoms with Crippen molar-refractivity contribution >= 4 is 22.3 Å². The number of carboxylic acid groups (broad SMARTS) is 1. The average Bonchev–Trinajstić information content (AvgIpc) is 2.70. The van der Waals surface area contributed by atoms with Crippen LogP contribution in [-0.4, -0.2) is 22.2 Å². The summed E-state index contributed by atoms with van der Waals surface area (Å²) in [5, 5.41) is 9.49. The molecule has 106 valence electrons. The van der Waals surface area contributed by atoms with Gasteiger partial charge in [-0.15, -0.1) is 11.3 Å². The number of hydrogen-bond acceptors (Lipinski definition) is 4. The minimum absolute atomic E-state index is 0.0655. The number of nitrogens with two attached hydrogens (primary N) is 1. The summed E-state index contributed by atoms with van der Waals surface area (Å²) < 4.78 is 37.6. The Morgan fingerprint density at radius 3 is 2.32 bits per heavy atom. The fourth-order valence-electron chi connectivity index (χ4n) is 2.34. The van der Waals surface area contributed by atoms with Gasteiger partial charge in [-0.2, -0.15) is 13.2 Å². The molecule has 1 aliphatic rings. The van der Waals surface area contributed by atoms with Gasteiger partial charge in [-0.25, -0.2) is 9.78 Å². The Bertz CT molecular complexity index is 479. The first-order valence-corrected chi connectivity index (χ1v) is 6.67. The smallest absolute Gasteiger partial charge is 0.391 e. The lowest BCUT2D eigenvalue weighted by atomic mass is 9.82.